The van der Waals surface area contributed by atoms with Crippen LogP contribution in [-0.2, 0) is 20.3 Å². The molecule has 2 aromatic carbocycles. The Bertz CT molecular complexity index is 1500. The maximum absolute atomic E-state index is 13.2. The van der Waals surface area contributed by atoms with Gasteiger partial charge in [-0.05, 0) is 39.2 Å². The summed E-state index contributed by atoms with van der Waals surface area (Å²) >= 11 is 3.43. The van der Waals surface area contributed by atoms with E-state index in [9.17, 15) is 4.79 Å². The van der Waals surface area contributed by atoms with Gasteiger partial charge >= 0.3 is 5.69 Å². The summed E-state index contributed by atoms with van der Waals surface area (Å²) in [6, 6.07) is 25.0. The molecule has 0 atom stereocenters. The van der Waals surface area contributed by atoms with Crippen LogP contribution in [0.3, 0.4) is 0 Å². The summed E-state index contributed by atoms with van der Waals surface area (Å²) in [6.45, 7) is 0.663. The van der Waals surface area contributed by atoms with Gasteiger partial charge in [-0.15, -0.1) is 0 Å². The number of rotatable bonds is 7. The van der Waals surface area contributed by atoms with Crippen molar-refractivity contribution in [1.29, 1.82) is 0 Å². The molecule has 34 heavy (non-hydrogen) atoms. The molecule has 0 saturated carbocycles. The lowest BCUT2D eigenvalue weighted by Crippen LogP contribution is -2.22. The SMILES string of the molecule is Cn1c(=O)n(-c2ccc(OCc3ccccc3)nc2OCc2ccccc2)c2ncc(Br)cc21. The molecular weight excluding hydrogens is 496 g/mol. The first-order valence-electron chi connectivity index (χ1n) is 10.7. The van der Waals surface area contributed by atoms with Crippen molar-refractivity contribution in [1.82, 2.24) is 19.1 Å². The number of fused-ring (bicyclic) bond motifs is 1. The van der Waals surface area contributed by atoms with Crippen molar-refractivity contribution in [2.75, 3.05) is 0 Å². The number of hydrogen-bond acceptors (Lipinski definition) is 5. The topological polar surface area (TPSA) is 71.2 Å². The van der Waals surface area contributed by atoms with E-state index in [1.54, 1.807) is 29.9 Å². The molecule has 0 N–H and O–H groups in total. The molecule has 3 aromatic heterocycles. The predicted octanol–water partition coefficient (Wildman–Crippen LogP) is 5.04. The molecule has 0 amide bonds. The molecule has 0 radical (unpaired) electrons. The Labute approximate surface area is 204 Å². The minimum Gasteiger partial charge on any atom is -0.473 e. The van der Waals surface area contributed by atoms with Gasteiger partial charge in [-0.25, -0.2) is 14.3 Å². The molecule has 0 aliphatic heterocycles. The highest BCUT2D eigenvalue weighted by Gasteiger charge is 2.19. The van der Waals surface area contributed by atoms with Crippen LogP contribution in [0.4, 0.5) is 0 Å². The van der Waals surface area contributed by atoms with Crippen molar-refractivity contribution in [3.63, 3.8) is 0 Å². The third kappa shape index (κ3) is 4.45. The van der Waals surface area contributed by atoms with E-state index in [2.05, 4.69) is 25.9 Å². The molecule has 0 aliphatic carbocycles. The van der Waals surface area contributed by atoms with Gasteiger partial charge in [0.2, 0.25) is 11.8 Å². The number of aryl methyl sites for hydroxylation is 1. The fourth-order valence-electron chi connectivity index (χ4n) is 3.63. The zero-order valence-corrected chi connectivity index (χ0v) is 20.0. The Morgan fingerprint density at radius 2 is 1.53 bits per heavy atom. The monoisotopic (exact) mass is 516 g/mol. The van der Waals surface area contributed by atoms with Crippen LogP contribution in [-0.4, -0.2) is 19.1 Å². The van der Waals surface area contributed by atoms with Crippen LogP contribution in [0, 0.1) is 0 Å². The molecule has 3 heterocycles. The van der Waals surface area contributed by atoms with Crippen LogP contribution in [0.15, 0.2) is 94.3 Å². The average Bonchev–Trinajstić information content (AvgIpc) is 3.12. The number of ether oxygens (including phenoxy) is 2. The molecule has 0 aliphatic rings. The fraction of sp³-hybridized carbons (Fsp3) is 0.115. The second-order valence-corrected chi connectivity index (χ2v) is 8.61. The van der Waals surface area contributed by atoms with Crippen molar-refractivity contribution in [3.05, 3.63) is 111 Å². The Morgan fingerprint density at radius 1 is 0.882 bits per heavy atom. The highest BCUT2D eigenvalue weighted by molar-refractivity contribution is 9.10. The van der Waals surface area contributed by atoms with Gasteiger partial charge in [0.25, 0.3) is 0 Å². The van der Waals surface area contributed by atoms with Crippen molar-refractivity contribution in [3.8, 4) is 17.4 Å². The highest BCUT2D eigenvalue weighted by atomic mass is 79.9. The fourth-order valence-corrected chi connectivity index (χ4v) is 3.95. The first-order valence-corrected chi connectivity index (χ1v) is 11.5. The number of imidazole rings is 1. The maximum atomic E-state index is 13.2. The summed E-state index contributed by atoms with van der Waals surface area (Å²) in [5.41, 5.74) is 3.47. The number of benzene rings is 2. The summed E-state index contributed by atoms with van der Waals surface area (Å²) < 4.78 is 15.9. The summed E-state index contributed by atoms with van der Waals surface area (Å²) in [5.74, 6) is 0.688. The van der Waals surface area contributed by atoms with E-state index in [1.807, 2.05) is 66.7 Å². The Balaban J connectivity index is 1.55. The van der Waals surface area contributed by atoms with Crippen LogP contribution in [0.5, 0.6) is 11.8 Å². The number of pyridine rings is 2. The van der Waals surface area contributed by atoms with Crippen molar-refractivity contribution in [2.45, 2.75) is 13.2 Å². The predicted molar refractivity (Wildman–Crippen MR) is 133 cm³/mol. The molecule has 0 spiro atoms. The van der Waals surface area contributed by atoms with E-state index in [0.717, 1.165) is 15.6 Å². The second-order valence-electron chi connectivity index (χ2n) is 7.70. The number of halogens is 1. The Kier molecular flexibility index (Phi) is 6.14. The summed E-state index contributed by atoms with van der Waals surface area (Å²) in [4.78, 5) is 22.3. The van der Waals surface area contributed by atoms with E-state index >= 15 is 0 Å². The van der Waals surface area contributed by atoms with Crippen LogP contribution < -0.4 is 15.2 Å². The minimum absolute atomic E-state index is 0.245. The molecule has 7 nitrogen and oxygen atoms in total. The lowest BCUT2D eigenvalue weighted by molar-refractivity contribution is 0.267. The van der Waals surface area contributed by atoms with Crippen LogP contribution in [0.2, 0.25) is 0 Å². The molecule has 0 fully saturated rings. The molecule has 0 bridgehead atoms. The maximum Gasteiger partial charge on any atom is 0.334 e. The molecule has 0 saturated heterocycles. The lowest BCUT2D eigenvalue weighted by atomic mass is 10.2. The quantitative estimate of drug-likeness (QED) is 0.303. The number of hydrogen-bond donors (Lipinski definition) is 0. The Hall–Kier alpha value is -3.91. The Morgan fingerprint density at radius 3 is 2.21 bits per heavy atom. The zero-order valence-electron chi connectivity index (χ0n) is 18.4. The molecule has 8 heteroatoms. The smallest absolute Gasteiger partial charge is 0.334 e. The first-order chi connectivity index (χ1) is 16.6. The van der Waals surface area contributed by atoms with Gasteiger partial charge in [-0.1, -0.05) is 60.7 Å². The van der Waals surface area contributed by atoms with Crippen LogP contribution >= 0.6 is 15.9 Å². The largest absolute Gasteiger partial charge is 0.473 e. The van der Waals surface area contributed by atoms with Gasteiger partial charge in [-0.3, -0.25) is 4.57 Å². The van der Waals surface area contributed by atoms with E-state index in [-0.39, 0.29) is 11.6 Å². The van der Waals surface area contributed by atoms with Gasteiger partial charge in [0.1, 0.15) is 18.9 Å². The summed E-state index contributed by atoms with van der Waals surface area (Å²) in [7, 11) is 1.71. The van der Waals surface area contributed by atoms with Gasteiger partial charge in [0.05, 0.1) is 5.52 Å². The second kappa shape index (κ2) is 9.52. The lowest BCUT2D eigenvalue weighted by Gasteiger charge is -2.13. The normalized spacial score (nSPS) is 11.0. The standard InChI is InChI=1S/C26H21BrN4O3/c1-30-22-14-20(27)15-28-24(22)31(26(30)32)21-12-13-23(33-16-18-8-4-2-5-9-18)29-25(21)34-17-19-10-6-3-7-11-19/h2-15H,16-17H2,1H3. The molecular formula is C26H21BrN4O3. The van der Waals surface area contributed by atoms with Crippen LogP contribution in [0.25, 0.3) is 16.9 Å². The zero-order chi connectivity index (χ0) is 23.5. The van der Waals surface area contributed by atoms with Crippen molar-refractivity contribution < 1.29 is 9.47 Å². The van der Waals surface area contributed by atoms with E-state index in [1.165, 1.54) is 4.57 Å². The molecule has 170 valence electrons. The molecule has 5 rings (SSSR count). The van der Waals surface area contributed by atoms with E-state index < -0.39 is 0 Å². The van der Waals surface area contributed by atoms with Crippen molar-refractivity contribution >= 4 is 27.1 Å². The molecule has 5 aromatic rings. The molecule has 0 unspecified atom stereocenters. The summed E-state index contributed by atoms with van der Waals surface area (Å²) in [6.07, 6.45) is 1.66. The average molecular weight is 517 g/mol. The van der Waals surface area contributed by atoms with Gasteiger partial charge in [0, 0.05) is 23.8 Å². The van der Waals surface area contributed by atoms with Crippen LogP contribution in [0.1, 0.15) is 11.1 Å². The van der Waals surface area contributed by atoms with Gasteiger partial charge in [-0.2, -0.15) is 4.98 Å². The van der Waals surface area contributed by atoms with E-state index in [0.29, 0.717) is 35.9 Å². The van der Waals surface area contributed by atoms with Crippen molar-refractivity contribution in [2.24, 2.45) is 7.05 Å². The highest BCUT2D eigenvalue weighted by Crippen LogP contribution is 2.28. The van der Waals surface area contributed by atoms with Gasteiger partial charge in [0.15, 0.2) is 5.65 Å². The number of nitrogens with zero attached hydrogens (tertiary/aromatic N) is 4. The first kappa shape index (κ1) is 21.9. The third-order valence-electron chi connectivity index (χ3n) is 5.37. The van der Waals surface area contributed by atoms with Gasteiger partial charge < -0.3 is 9.47 Å². The van der Waals surface area contributed by atoms with E-state index in [4.69, 9.17) is 9.47 Å². The number of aromatic nitrogens is 4. The minimum atomic E-state index is -0.245. The summed E-state index contributed by atoms with van der Waals surface area (Å²) in [5, 5.41) is 0. The third-order valence-corrected chi connectivity index (χ3v) is 5.80.